The fourth-order valence-corrected chi connectivity index (χ4v) is 2.69. The lowest BCUT2D eigenvalue weighted by Crippen LogP contribution is -2.36. The second kappa shape index (κ2) is 6.92. The molecule has 1 amide bonds. The van der Waals surface area contributed by atoms with Gasteiger partial charge in [0.2, 0.25) is 5.91 Å². The number of halogens is 2. The summed E-state index contributed by atoms with van der Waals surface area (Å²) in [6, 6.07) is 3.08. The average Bonchev–Trinajstić information content (AvgIpc) is 2.97. The Labute approximate surface area is 138 Å². The molecule has 2 heterocycles. The smallest absolute Gasteiger partial charge is 0.238 e. The highest BCUT2D eigenvalue weighted by atomic mass is 19.1. The van der Waals surface area contributed by atoms with Gasteiger partial charge < -0.3 is 5.32 Å². The second-order valence-electron chi connectivity index (χ2n) is 5.79. The van der Waals surface area contributed by atoms with E-state index in [-0.39, 0.29) is 18.1 Å². The highest BCUT2D eigenvalue weighted by Crippen LogP contribution is 2.21. The van der Waals surface area contributed by atoms with Crippen molar-refractivity contribution in [3.05, 3.63) is 53.9 Å². The lowest BCUT2D eigenvalue weighted by Gasteiger charge is -2.25. The van der Waals surface area contributed by atoms with E-state index in [1.165, 1.54) is 11.6 Å². The molecular formula is C17H18F2N4O. The summed E-state index contributed by atoms with van der Waals surface area (Å²) in [5.41, 5.74) is 2.30. The molecule has 1 N–H and O–H groups in total. The third-order valence-corrected chi connectivity index (χ3v) is 3.94. The molecule has 7 heteroatoms. The van der Waals surface area contributed by atoms with E-state index in [9.17, 15) is 13.6 Å². The molecule has 1 aliphatic rings. The molecule has 0 atom stereocenters. The molecule has 3 rings (SSSR count). The van der Waals surface area contributed by atoms with Crippen LogP contribution in [0.4, 0.5) is 14.5 Å². The number of amides is 1. The lowest BCUT2D eigenvalue weighted by atomic mass is 10.0. The summed E-state index contributed by atoms with van der Waals surface area (Å²) >= 11 is 0. The molecule has 126 valence electrons. The van der Waals surface area contributed by atoms with E-state index in [0.717, 1.165) is 30.7 Å². The molecule has 1 aromatic carbocycles. The van der Waals surface area contributed by atoms with Crippen molar-refractivity contribution in [1.82, 2.24) is 14.7 Å². The molecule has 0 fully saturated rings. The third-order valence-electron chi connectivity index (χ3n) is 3.94. The van der Waals surface area contributed by atoms with Gasteiger partial charge in [-0.05, 0) is 24.1 Å². The van der Waals surface area contributed by atoms with Gasteiger partial charge in [-0.2, -0.15) is 5.10 Å². The van der Waals surface area contributed by atoms with Crippen molar-refractivity contribution in [1.29, 1.82) is 0 Å². The first-order chi connectivity index (χ1) is 11.5. The zero-order chi connectivity index (χ0) is 17.1. The van der Waals surface area contributed by atoms with E-state index >= 15 is 0 Å². The van der Waals surface area contributed by atoms with Crippen LogP contribution in [-0.4, -0.2) is 40.2 Å². The van der Waals surface area contributed by atoms with Crippen LogP contribution < -0.4 is 5.32 Å². The predicted molar refractivity (Wildman–Crippen MR) is 87.2 cm³/mol. The standard InChI is InChI=1S/C17H18F2N4O/c1-22-10-13(9-20-22)12-4-6-23(7-5-12)11-17(24)21-16-3-2-14(18)8-15(16)19/h2-4,8-10H,5-7,11H2,1H3,(H,21,24). The van der Waals surface area contributed by atoms with Crippen LogP contribution in [0.1, 0.15) is 12.0 Å². The first kappa shape index (κ1) is 16.3. The Morgan fingerprint density at radius 2 is 2.21 bits per heavy atom. The van der Waals surface area contributed by atoms with Crippen LogP contribution in [0.25, 0.3) is 5.57 Å². The highest BCUT2D eigenvalue weighted by molar-refractivity contribution is 5.92. The molecule has 0 saturated heterocycles. The second-order valence-corrected chi connectivity index (χ2v) is 5.79. The van der Waals surface area contributed by atoms with Gasteiger partial charge in [-0.1, -0.05) is 6.08 Å². The number of nitrogens with zero attached hydrogens (tertiary/aromatic N) is 3. The predicted octanol–water partition coefficient (Wildman–Crippen LogP) is 2.43. The molecule has 1 aliphatic heterocycles. The maximum atomic E-state index is 13.5. The van der Waals surface area contributed by atoms with E-state index in [2.05, 4.69) is 16.5 Å². The molecule has 0 spiro atoms. The number of carbonyl (C=O) groups excluding carboxylic acids is 1. The van der Waals surface area contributed by atoms with Crippen LogP contribution >= 0.6 is 0 Å². The molecule has 24 heavy (non-hydrogen) atoms. The fraction of sp³-hybridized carbons (Fsp3) is 0.294. The average molecular weight is 332 g/mol. The number of hydrogen-bond donors (Lipinski definition) is 1. The fourth-order valence-electron chi connectivity index (χ4n) is 2.69. The van der Waals surface area contributed by atoms with Crippen molar-refractivity contribution in [2.75, 3.05) is 25.0 Å². The maximum absolute atomic E-state index is 13.5. The van der Waals surface area contributed by atoms with Gasteiger partial charge in [0.15, 0.2) is 0 Å². The summed E-state index contributed by atoms with van der Waals surface area (Å²) < 4.78 is 28.2. The third kappa shape index (κ3) is 3.86. The number of anilines is 1. The van der Waals surface area contributed by atoms with E-state index in [0.29, 0.717) is 6.54 Å². The zero-order valence-corrected chi connectivity index (χ0v) is 13.3. The number of aryl methyl sites for hydroxylation is 1. The Bertz CT molecular complexity index is 785. The summed E-state index contributed by atoms with van der Waals surface area (Å²) in [6.45, 7) is 1.54. The molecular weight excluding hydrogens is 314 g/mol. The van der Waals surface area contributed by atoms with Crippen molar-refractivity contribution < 1.29 is 13.6 Å². The zero-order valence-electron chi connectivity index (χ0n) is 13.3. The van der Waals surface area contributed by atoms with Crippen molar-refractivity contribution >= 4 is 17.2 Å². The van der Waals surface area contributed by atoms with E-state index < -0.39 is 11.6 Å². The molecule has 1 aromatic heterocycles. The number of rotatable bonds is 4. The lowest BCUT2D eigenvalue weighted by molar-refractivity contribution is -0.117. The summed E-state index contributed by atoms with van der Waals surface area (Å²) in [5, 5.41) is 6.63. The van der Waals surface area contributed by atoms with Gasteiger partial charge in [-0.3, -0.25) is 14.4 Å². The van der Waals surface area contributed by atoms with Crippen LogP contribution in [0.2, 0.25) is 0 Å². The SMILES string of the molecule is Cn1cc(C2=CCN(CC(=O)Nc3ccc(F)cc3F)CC2)cn1. The van der Waals surface area contributed by atoms with Gasteiger partial charge in [-0.25, -0.2) is 8.78 Å². The Hall–Kier alpha value is -2.54. The molecule has 0 saturated carbocycles. The van der Waals surface area contributed by atoms with Crippen LogP contribution in [0.15, 0.2) is 36.7 Å². The minimum atomic E-state index is -0.777. The van der Waals surface area contributed by atoms with Gasteiger partial charge >= 0.3 is 0 Å². The first-order valence-corrected chi connectivity index (χ1v) is 7.66. The van der Waals surface area contributed by atoms with Crippen LogP contribution in [0, 0.1) is 11.6 Å². The van der Waals surface area contributed by atoms with Gasteiger partial charge in [0, 0.05) is 38.0 Å². The number of carbonyl (C=O) groups is 1. The van der Waals surface area contributed by atoms with Crippen LogP contribution in [0.5, 0.6) is 0 Å². The molecule has 2 aromatic rings. The molecule has 0 bridgehead atoms. The summed E-state index contributed by atoms with van der Waals surface area (Å²) in [6.07, 6.45) is 6.69. The van der Waals surface area contributed by atoms with Crippen molar-refractivity contribution in [2.45, 2.75) is 6.42 Å². The normalized spacial score (nSPS) is 15.2. The molecule has 5 nitrogen and oxygen atoms in total. The van der Waals surface area contributed by atoms with Crippen molar-refractivity contribution in [2.24, 2.45) is 7.05 Å². The Balaban J connectivity index is 1.55. The molecule has 0 radical (unpaired) electrons. The van der Waals surface area contributed by atoms with Crippen molar-refractivity contribution in [3.8, 4) is 0 Å². The monoisotopic (exact) mass is 332 g/mol. The van der Waals surface area contributed by atoms with Gasteiger partial charge in [0.25, 0.3) is 0 Å². The minimum Gasteiger partial charge on any atom is -0.322 e. The number of hydrogen-bond acceptors (Lipinski definition) is 3. The minimum absolute atomic E-state index is 0.00926. The highest BCUT2D eigenvalue weighted by Gasteiger charge is 2.17. The summed E-state index contributed by atoms with van der Waals surface area (Å²) in [4.78, 5) is 14.0. The maximum Gasteiger partial charge on any atom is 0.238 e. The topological polar surface area (TPSA) is 50.2 Å². The molecule has 0 unspecified atom stereocenters. The van der Waals surface area contributed by atoms with Gasteiger partial charge in [0.1, 0.15) is 11.6 Å². The number of benzene rings is 1. The summed E-state index contributed by atoms with van der Waals surface area (Å²) in [7, 11) is 1.87. The van der Waals surface area contributed by atoms with Crippen LogP contribution in [0.3, 0.4) is 0 Å². The van der Waals surface area contributed by atoms with E-state index in [4.69, 9.17) is 0 Å². The Morgan fingerprint density at radius 1 is 1.38 bits per heavy atom. The Morgan fingerprint density at radius 3 is 2.83 bits per heavy atom. The quantitative estimate of drug-likeness (QED) is 0.935. The van der Waals surface area contributed by atoms with Crippen molar-refractivity contribution in [3.63, 3.8) is 0 Å². The number of nitrogens with one attached hydrogen (secondary N) is 1. The van der Waals surface area contributed by atoms with Gasteiger partial charge in [0.05, 0.1) is 18.4 Å². The van der Waals surface area contributed by atoms with E-state index in [1.807, 2.05) is 24.3 Å². The van der Waals surface area contributed by atoms with E-state index in [1.54, 1.807) is 4.68 Å². The number of aromatic nitrogens is 2. The largest absolute Gasteiger partial charge is 0.322 e. The molecule has 0 aliphatic carbocycles. The summed E-state index contributed by atoms with van der Waals surface area (Å²) in [5.74, 6) is -1.77. The Kier molecular flexibility index (Phi) is 4.71. The first-order valence-electron chi connectivity index (χ1n) is 7.66. The van der Waals surface area contributed by atoms with Gasteiger partial charge in [-0.15, -0.1) is 0 Å². The van der Waals surface area contributed by atoms with Crippen LogP contribution in [-0.2, 0) is 11.8 Å².